The number of nitrogens with zero attached hydrogens (tertiary/aromatic N) is 2. The Hall–Kier alpha value is -1.46. The van der Waals surface area contributed by atoms with Crippen LogP contribution in [0.25, 0.3) is 0 Å². The van der Waals surface area contributed by atoms with Crippen molar-refractivity contribution in [2.24, 2.45) is 0 Å². The predicted molar refractivity (Wildman–Crippen MR) is 69.3 cm³/mol. The maximum atomic E-state index is 6.07. The first kappa shape index (κ1) is 12.0. The minimum Gasteiger partial charge on any atom is -0.399 e. The van der Waals surface area contributed by atoms with E-state index < -0.39 is 0 Å². The highest BCUT2D eigenvalue weighted by Gasteiger charge is 2.13. The van der Waals surface area contributed by atoms with Crippen LogP contribution in [-0.2, 0) is 0 Å². The molecule has 0 aliphatic rings. The maximum absolute atomic E-state index is 6.07. The first-order chi connectivity index (χ1) is 8.08. The van der Waals surface area contributed by atoms with Crippen LogP contribution < -0.4 is 11.1 Å². The quantitative estimate of drug-likeness (QED) is 0.750. The minimum absolute atomic E-state index is 0.0869. The highest BCUT2D eigenvalue weighted by molar-refractivity contribution is 6.39. The van der Waals surface area contributed by atoms with Gasteiger partial charge < -0.3 is 11.1 Å². The molecule has 1 atom stereocenters. The zero-order chi connectivity index (χ0) is 12.4. The van der Waals surface area contributed by atoms with E-state index in [2.05, 4.69) is 20.5 Å². The lowest BCUT2D eigenvalue weighted by atomic mass is 10.2. The topological polar surface area (TPSA) is 79.6 Å². The number of aromatic nitrogens is 3. The fraction of sp³-hybridized carbons (Fsp3) is 0.200. The summed E-state index contributed by atoms with van der Waals surface area (Å²) in [6.45, 7) is 1.92. The van der Waals surface area contributed by atoms with E-state index in [4.69, 9.17) is 28.9 Å². The standard InChI is InChI=1S/C10H11Cl2N5/c1-5(10-14-4-15-17-10)16-9-7(11)2-6(13)3-8(9)12/h2-5,16H,13H2,1H3,(H,14,15,17). The van der Waals surface area contributed by atoms with Crippen LogP contribution in [0, 0.1) is 0 Å². The number of rotatable bonds is 3. The number of hydrogen-bond donors (Lipinski definition) is 3. The fourth-order valence-electron chi connectivity index (χ4n) is 1.44. The number of aromatic amines is 1. The molecule has 1 unspecified atom stereocenters. The lowest BCUT2D eigenvalue weighted by Gasteiger charge is -2.15. The Morgan fingerprint density at radius 2 is 2.00 bits per heavy atom. The van der Waals surface area contributed by atoms with Gasteiger partial charge in [0.1, 0.15) is 12.2 Å². The second kappa shape index (κ2) is 4.81. The second-order valence-corrected chi connectivity index (χ2v) is 4.41. The van der Waals surface area contributed by atoms with Crippen molar-refractivity contribution in [3.8, 4) is 0 Å². The number of nitrogen functional groups attached to an aromatic ring is 1. The van der Waals surface area contributed by atoms with Crippen molar-refractivity contribution in [3.63, 3.8) is 0 Å². The smallest absolute Gasteiger partial charge is 0.146 e. The van der Waals surface area contributed by atoms with Crippen molar-refractivity contribution in [1.29, 1.82) is 0 Å². The SMILES string of the molecule is CC(Nc1c(Cl)cc(N)cc1Cl)c1ncn[nH]1. The molecule has 0 spiro atoms. The third kappa shape index (κ3) is 2.62. The molecule has 90 valence electrons. The van der Waals surface area contributed by atoms with Gasteiger partial charge in [0, 0.05) is 5.69 Å². The zero-order valence-corrected chi connectivity index (χ0v) is 10.5. The lowest BCUT2D eigenvalue weighted by molar-refractivity contribution is 0.796. The normalized spacial score (nSPS) is 12.4. The highest BCUT2D eigenvalue weighted by atomic mass is 35.5. The summed E-state index contributed by atoms with van der Waals surface area (Å²) in [7, 11) is 0. The molecule has 0 aliphatic heterocycles. The molecule has 2 rings (SSSR count). The highest BCUT2D eigenvalue weighted by Crippen LogP contribution is 2.34. The van der Waals surface area contributed by atoms with Crippen LogP contribution in [0.4, 0.5) is 11.4 Å². The number of anilines is 2. The van der Waals surface area contributed by atoms with E-state index in [0.717, 1.165) is 0 Å². The van der Waals surface area contributed by atoms with Crippen molar-refractivity contribution in [2.45, 2.75) is 13.0 Å². The van der Waals surface area contributed by atoms with Gasteiger partial charge in [-0.15, -0.1) is 0 Å². The molecule has 1 heterocycles. The largest absolute Gasteiger partial charge is 0.399 e. The van der Waals surface area contributed by atoms with E-state index in [1.165, 1.54) is 6.33 Å². The Balaban J connectivity index is 2.25. The van der Waals surface area contributed by atoms with Crippen LogP contribution in [0.15, 0.2) is 18.5 Å². The van der Waals surface area contributed by atoms with Crippen molar-refractivity contribution in [1.82, 2.24) is 15.2 Å². The van der Waals surface area contributed by atoms with E-state index in [9.17, 15) is 0 Å². The summed E-state index contributed by atoms with van der Waals surface area (Å²) in [5.74, 6) is 0.703. The summed E-state index contributed by atoms with van der Waals surface area (Å²) < 4.78 is 0. The molecule has 0 amide bonds. The minimum atomic E-state index is -0.0869. The average molecular weight is 272 g/mol. The monoisotopic (exact) mass is 271 g/mol. The number of H-pyrrole nitrogens is 1. The number of benzene rings is 1. The number of nitrogens with one attached hydrogen (secondary N) is 2. The molecule has 5 nitrogen and oxygen atoms in total. The van der Waals surface area contributed by atoms with Gasteiger partial charge in [-0.3, -0.25) is 5.10 Å². The Morgan fingerprint density at radius 1 is 1.35 bits per heavy atom. The molecule has 4 N–H and O–H groups in total. The third-order valence-electron chi connectivity index (χ3n) is 2.27. The van der Waals surface area contributed by atoms with Crippen molar-refractivity contribution in [3.05, 3.63) is 34.3 Å². The van der Waals surface area contributed by atoms with Gasteiger partial charge in [-0.05, 0) is 19.1 Å². The molecule has 0 fully saturated rings. The van der Waals surface area contributed by atoms with E-state index in [-0.39, 0.29) is 6.04 Å². The van der Waals surface area contributed by atoms with E-state index >= 15 is 0 Å². The first-order valence-corrected chi connectivity index (χ1v) is 5.70. The summed E-state index contributed by atoms with van der Waals surface area (Å²) in [5.41, 5.74) is 6.79. The molecule has 0 bridgehead atoms. The molecule has 0 saturated heterocycles. The molecule has 7 heteroatoms. The summed E-state index contributed by atoms with van der Waals surface area (Å²) in [6.07, 6.45) is 1.44. The lowest BCUT2D eigenvalue weighted by Crippen LogP contribution is -2.09. The molecule has 0 radical (unpaired) electrons. The average Bonchev–Trinajstić information content (AvgIpc) is 2.76. The van der Waals surface area contributed by atoms with Crippen molar-refractivity contribution < 1.29 is 0 Å². The Kier molecular flexibility index (Phi) is 3.40. The van der Waals surface area contributed by atoms with Gasteiger partial charge in [0.2, 0.25) is 0 Å². The third-order valence-corrected chi connectivity index (χ3v) is 2.87. The maximum Gasteiger partial charge on any atom is 0.146 e. The van der Waals surface area contributed by atoms with Gasteiger partial charge in [-0.25, -0.2) is 4.98 Å². The van der Waals surface area contributed by atoms with E-state index in [0.29, 0.717) is 27.2 Å². The Morgan fingerprint density at radius 3 is 2.53 bits per heavy atom. The van der Waals surface area contributed by atoms with Crippen LogP contribution in [0.1, 0.15) is 18.8 Å². The van der Waals surface area contributed by atoms with E-state index in [1.807, 2.05) is 6.92 Å². The first-order valence-electron chi connectivity index (χ1n) is 4.94. The van der Waals surface area contributed by atoms with Crippen LogP contribution in [0.2, 0.25) is 10.0 Å². The molecule has 0 saturated carbocycles. The molecule has 1 aromatic heterocycles. The summed E-state index contributed by atoms with van der Waals surface area (Å²) in [6, 6.07) is 3.20. The molecule has 17 heavy (non-hydrogen) atoms. The fourth-order valence-corrected chi connectivity index (χ4v) is 2.05. The van der Waals surface area contributed by atoms with E-state index in [1.54, 1.807) is 12.1 Å². The molecule has 2 aromatic rings. The van der Waals surface area contributed by atoms with Gasteiger partial charge in [-0.2, -0.15) is 5.10 Å². The van der Waals surface area contributed by atoms with Gasteiger partial charge in [-0.1, -0.05) is 23.2 Å². The Labute approximate surface area is 108 Å². The van der Waals surface area contributed by atoms with Crippen LogP contribution in [-0.4, -0.2) is 15.2 Å². The second-order valence-electron chi connectivity index (χ2n) is 3.60. The molecule has 0 aliphatic carbocycles. The Bertz CT molecular complexity index is 488. The van der Waals surface area contributed by atoms with Gasteiger partial charge in [0.05, 0.1) is 21.8 Å². The van der Waals surface area contributed by atoms with Crippen molar-refractivity contribution >= 4 is 34.6 Å². The number of hydrogen-bond acceptors (Lipinski definition) is 4. The van der Waals surface area contributed by atoms with Gasteiger partial charge in [0.25, 0.3) is 0 Å². The number of nitrogens with two attached hydrogens (primary N) is 1. The van der Waals surface area contributed by atoms with Gasteiger partial charge in [0.15, 0.2) is 0 Å². The number of halogens is 2. The van der Waals surface area contributed by atoms with Crippen LogP contribution >= 0.6 is 23.2 Å². The van der Waals surface area contributed by atoms with Crippen molar-refractivity contribution in [2.75, 3.05) is 11.1 Å². The van der Waals surface area contributed by atoms with Gasteiger partial charge >= 0.3 is 0 Å². The summed E-state index contributed by atoms with van der Waals surface area (Å²) in [5, 5.41) is 10.7. The summed E-state index contributed by atoms with van der Waals surface area (Å²) in [4.78, 5) is 4.05. The summed E-state index contributed by atoms with van der Waals surface area (Å²) >= 11 is 12.1. The predicted octanol–water partition coefficient (Wildman–Crippen LogP) is 2.87. The molecular weight excluding hydrogens is 261 g/mol. The molecular formula is C10H11Cl2N5. The van der Waals surface area contributed by atoms with Crippen LogP contribution in [0.5, 0.6) is 0 Å². The molecule has 1 aromatic carbocycles. The zero-order valence-electron chi connectivity index (χ0n) is 9.04. The van der Waals surface area contributed by atoms with Crippen LogP contribution in [0.3, 0.4) is 0 Å².